The van der Waals surface area contributed by atoms with Crippen molar-refractivity contribution >= 4 is 22.4 Å². The van der Waals surface area contributed by atoms with Gasteiger partial charge in [0.25, 0.3) is 0 Å². The van der Waals surface area contributed by atoms with Gasteiger partial charge in [-0.05, 0) is 30.3 Å². The molecule has 0 amide bonds. The fourth-order valence-electron chi connectivity index (χ4n) is 3.48. The van der Waals surface area contributed by atoms with Gasteiger partial charge in [-0.1, -0.05) is 24.3 Å². The molecule has 0 fully saturated rings. The third-order valence-corrected chi connectivity index (χ3v) is 4.79. The number of rotatable bonds is 3. The molecule has 0 radical (unpaired) electrons. The number of anilines is 1. The maximum Gasteiger partial charge on any atom is 0.180 e. The Kier molecular flexibility index (Phi) is 3.69. The first-order chi connectivity index (χ1) is 13.7. The predicted molar refractivity (Wildman–Crippen MR) is 110 cm³/mol. The largest absolute Gasteiger partial charge is 0.497 e. The zero-order chi connectivity index (χ0) is 19.1. The Labute approximate surface area is 161 Å². The van der Waals surface area contributed by atoms with E-state index in [1.54, 1.807) is 19.5 Å². The molecular weight excluding hydrogens is 350 g/mol. The standard InChI is InChI=1S/C22H17N5O/c1-28-17-6-2-4-15(13-17)19-20(27-11-10-25-22(27)21(23)26-19)16-7-8-18-14(12-16)5-3-9-24-18/h2-13H,1H3,(H2,23,26). The number of nitrogens with two attached hydrogens (primary N) is 1. The minimum atomic E-state index is 0.383. The molecule has 0 bridgehead atoms. The van der Waals surface area contributed by atoms with Crippen molar-refractivity contribution in [2.45, 2.75) is 0 Å². The highest BCUT2D eigenvalue weighted by molar-refractivity contribution is 5.89. The van der Waals surface area contributed by atoms with E-state index in [2.05, 4.69) is 16.0 Å². The first-order valence-electron chi connectivity index (χ1n) is 8.87. The van der Waals surface area contributed by atoms with E-state index in [4.69, 9.17) is 15.5 Å². The van der Waals surface area contributed by atoms with Crippen molar-refractivity contribution in [1.82, 2.24) is 19.4 Å². The molecule has 0 unspecified atom stereocenters. The van der Waals surface area contributed by atoms with Crippen LogP contribution in [0.25, 0.3) is 39.1 Å². The van der Waals surface area contributed by atoms with Crippen LogP contribution in [0.5, 0.6) is 5.75 Å². The van der Waals surface area contributed by atoms with E-state index >= 15 is 0 Å². The van der Waals surface area contributed by atoms with E-state index in [0.29, 0.717) is 11.5 Å². The number of fused-ring (bicyclic) bond motifs is 2. The van der Waals surface area contributed by atoms with E-state index in [0.717, 1.165) is 39.2 Å². The van der Waals surface area contributed by atoms with Crippen LogP contribution in [-0.4, -0.2) is 26.5 Å². The molecule has 6 nitrogen and oxygen atoms in total. The first kappa shape index (κ1) is 16.3. The van der Waals surface area contributed by atoms with Gasteiger partial charge in [0.15, 0.2) is 11.5 Å². The van der Waals surface area contributed by atoms with E-state index in [9.17, 15) is 0 Å². The summed E-state index contributed by atoms with van der Waals surface area (Å²) in [6.07, 6.45) is 5.43. The number of aromatic nitrogens is 4. The molecule has 0 aliphatic carbocycles. The van der Waals surface area contributed by atoms with Crippen molar-refractivity contribution in [3.63, 3.8) is 0 Å². The highest BCUT2D eigenvalue weighted by atomic mass is 16.5. The van der Waals surface area contributed by atoms with E-state index in [1.807, 2.05) is 59.1 Å². The Hall–Kier alpha value is -3.93. The molecule has 5 rings (SSSR count). The number of nitrogens with zero attached hydrogens (tertiary/aromatic N) is 4. The number of hydrogen-bond acceptors (Lipinski definition) is 5. The Morgan fingerprint density at radius 3 is 2.75 bits per heavy atom. The molecule has 0 saturated heterocycles. The lowest BCUT2D eigenvalue weighted by Gasteiger charge is -2.14. The summed E-state index contributed by atoms with van der Waals surface area (Å²) in [5, 5.41) is 1.06. The van der Waals surface area contributed by atoms with Gasteiger partial charge < -0.3 is 10.5 Å². The molecule has 2 aromatic carbocycles. The Bertz CT molecular complexity index is 1330. The fraction of sp³-hybridized carbons (Fsp3) is 0.0455. The van der Waals surface area contributed by atoms with Gasteiger partial charge in [-0.3, -0.25) is 9.38 Å². The van der Waals surface area contributed by atoms with Crippen LogP contribution in [0.2, 0.25) is 0 Å². The summed E-state index contributed by atoms with van der Waals surface area (Å²) in [5.74, 6) is 1.14. The molecule has 3 aromatic heterocycles. The number of pyridine rings is 1. The van der Waals surface area contributed by atoms with E-state index in [1.165, 1.54) is 0 Å². The van der Waals surface area contributed by atoms with Gasteiger partial charge in [0.2, 0.25) is 0 Å². The number of imidazole rings is 1. The van der Waals surface area contributed by atoms with Crippen LogP contribution < -0.4 is 10.5 Å². The highest BCUT2D eigenvalue weighted by Crippen LogP contribution is 2.35. The normalized spacial score (nSPS) is 11.2. The molecule has 6 heteroatoms. The SMILES string of the molecule is COc1cccc(-c2nc(N)c3nccn3c2-c2ccc3ncccc3c2)c1. The van der Waals surface area contributed by atoms with Crippen LogP contribution >= 0.6 is 0 Å². The number of ether oxygens (including phenoxy) is 1. The lowest BCUT2D eigenvalue weighted by Crippen LogP contribution is -2.03. The van der Waals surface area contributed by atoms with E-state index < -0.39 is 0 Å². The van der Waals surface area contributed by atoms with Crippen molar-refractivity contribution in [2.75, 3.05) is 12.8 Å². The van der Waals surface area contributed by atoms with Gasteiger partial charge in [-0.15, -0.1) is 0 Å². The minimum absolute atomic E-state index is 0.383. The second kappa shape index (κ2) is 6.35. The molecule has 0 saturated carbocycles. The molecule has 0 aliphatic rings. The van der Waals surface area contributed by atoms with Crippen LogP contribution in [0.4, 0.5) is 5.82 Å². The van der Waals surface area contributed by atoms with E-state index in [-0.39, 0.29) is 0 Å². The van der Waals surface area contributed by atoms with Crippen LogP contribution in [0.15, 0.2) is 73.2 Å². The smallest absolute Gasteiger partial charge is 0.180 e. The van der Waals surface area contributed by atoms with Crippen molar-refractivity contribution in [2.24, 2.45) is 0 Å². The zero-order valence-corrected chi connectivity index (χ0v) is 15.2. The van der Waals surface area contributed by atoms with Gasteiger partial charge >= 0.3 is 0 Å². The third-order valence-electron chi connectivity index (χ3n) is 4.79. The summed E-state index contributed by atoms with van der Waals surface area (Å²) >= 11 is 0. The van der Waals surface area contributed by atoms with Crippen molar-refractivity contribution in [3.05, 3.63) is 73.2 Å². The topological polar surface area (TPSA) is 78.3 Å². The number of nitrogen functional groups attached to an aromatic ring is 1. The fourth-order valence-corrected chi connectivity index (χ4v) is 3.48. The van der Waals surface area contributed by atoms with Crippen LogP contribution in [0.1, 0.15) is 0 Å². The van der Waals surface area contributed by atoms with Crippen LogP contribution in [-0.2, 0) is 0 Å². The Morgan fingerprint density at radius 2 is 1.86 bits per heavy atom. The van der Waals surface area contributed by atoms with Crippen LogP contribution in [0, 0.1) is 0 Å². The molecule has 0 spiro atoms. The number of benzene rings is 2. The predicted octanol–water partition coefficient (Wildman–Crippen LogP) is 4.20. The summed E-state index contributed by atoms with van der Waals surface area (Å²) in [6, 6.07) is 18.0. The van der Waals surface area contributed by atoms with Crippen molar-refractivity contribution in [1.29, 1.82) is 0 Å². The average molecular weight is 367 g/mol. The molecule has 3 heterocycles. The second-order valence-electron chi connectivity index (χ2n) is 6.46. The van der Waals surface area contributed by atoms with Crippen LogP contribution in [0.3, 0.4) is 0 Å². The summed E-state index contributed by atoms with van der Waals surface area (Å²) in [4.78, 5) is 13.5. The second-order valence-corrected chi connectivity index (χ2v) is 6.46. The summed E-state index contributed by atoms with van der Waals surface area (Å²) in [6.45, 7) is 0. The van der Waals surface area contributed by atoms with Gasteiger partial charge in [0.05, 0.1) is 24.0 Å². The first-order valence-corrected chi connectivity index (χ1v) is 8.87. The highest BCUT2D eigenvalue weighted by Gasteiger charge is 2.17. The summed E-state index contributed by atoms with van der Waals surface area (Å²) in [7, 11) is 1.65. The molecule has 2 N–H and O–H groups in total. The number of methoxy groups -OCH3 is 1. The molecule has 136 valence electrons. The zero-order valence-electron chi connectivity index (χ0n) is 15.2. The van der Waals surface area contributed by atoms with Gasteiger partial charge in [-0.2, -0.15) is 0 Å². The van der Waals surface area contributed by atoms with Gasteiger partial charge in [-0.25, -0.2) is 9.97 Å². The summed E-state index contributed by atoms with van der Waals surface area (Å²) < 4.78 is 7.38. The maximum atomic E-state index is 6.21. The molecule has 0 aliphatic heterocycles. The average Bonchev–Trinajstić information content (AvgIpc) is 3.24. The molecule has 5 aromatic rings. The molecular formula is C22H17N5O. The van der Waals surface area contributed by atoms with Crippen molar-refractivity contribution in [3.8, 4) is 28.3 Å². The van der Waals surface area contributed by atoms with Crippen molar-refractivity contribution < 1.29 is 4.74 Å². The molecule has 28 heavy (non-hydrogen) atoms. The quantitative estimate of drug-likeness (QED) is 0.517. The molecule has 0 atom stereocenters. The number of hydrogen-bond donors (Lipinski definition) is 1. The maximum absolute atomic E-state index is 6.21. The Morgan fingerprint density at radius 1 is 0.929 bits per heavy atom. The third kappa shape index (κ3) is 2.54. The summed E-state index contributed by atoms with van der Waals surface area (Å²) in [5.41, 5.74) is 11.4. The lowest BCUT2D eigenvalue weighted by atomic mass is 10.0. The minimum Gasteiger partial charge on any atom is -0.497 e. The monoisotopic (exact) mass is 367 g/mol. The van der Waals surface area contributed by atoms with Gasteiger partial charge in [0.1, 0.15) is 5.75 Å². The lowest BCUT2D eigenvalue weighted by molar-refractivity contribution is 0.415. The van der Waals surface area contributed by atoms with Gasteiger partial charge in [0, 0.05) is 35.1 Å². The Balaban J connectivity index is 1.85.